The second kappa shape index (κ2) is 6.43. The molecule has 0 fully saturated rings. The maximum Gasteiger partial charge on any atom is 0.240 e. The van der Waals surface area contributed by atoms with E-state index in [9.17, 15) is 8.42 Å². The van der Waals surface area contributed by atoms with Gasteiger partial charge in [0.1, 0.15) is 11.9 Å². The summed E-state index contributed by atoms with van der Waals surface area (Å²) < 4.78 is 37.9. The Morgan fingerprint density at radius 1 is 1.29 bits per heavy atom. The first kappa shape index (κ1) is 15.8. The fourth-order valence-electron chi connectivity index (χ4n) is 2.03. The summed E-state index contributed by atoms with van der Waals surface area (Å²) >= 11 is 0. The highest BCUT2D eigenvalue weighted by atomic mass is 32.2. The zero-order chi connectivity index (χ0) is 15.5. The Labute approximate surface area is 125 Å². The first-order valence-electron chi connectivity index (χ1n) is 6.57. The maximum absolute atomic E-state index is 12.4. The quantitative estimate of drug-likeness (QED) is 0.890. The van der Waals surface area contributed by atoms with E-state index in [0.717, 1.165) is 5.56 Å². The molecule has 0 saturated heterocycles. The van der Waals surface area contributed by atoms with E-state index < -0.39 is 16.1 Å². The van der Waals surface area contributed by atoms with Crippen molar-refractivity contribution in [3.63, 3.8) is 0 Å². The number of aryl methyl sites for hydroxylation is 2. The van der Waals surface area contributed by atoms with Gasteiger partial charge in [-0.15, -0.1) is 0 Å². The average molecular weight is 309 g/mol. The molecule has 5 nitrogen and oxygen atoms in total. The minimum Gasteiger partial charge on any atom is -0.467 e. The van der Waals surface area contributed by atoms with Crippen molar-refractivity contribution in [2.24, 2.45) is 0 Å². The molecule has 1 atom stereocenters. The maximum atomic E-state index is 12.4. The summed E-state index contributed by atoms with van der Waals surface area (Å²) in [5.74, 6) is 0.584. The molecule has 0 aliphatic heterocycles. The normalized spacial score (nSPS) is 13.3. The molecule has 2 rings (SSSR count). The van der Waals surface area contributed by atoms with E-state index in [0.29, 0.717) is 11.3 Å². The zero-order valence-corrected chi connectivity index (χ0v) is 13.1. The van der Waals surface area contributed by atoms with E-state index in [4.69, 9.17) is 9.15 Å². The predicted molar refractivity (Wildman–Crippen MR) is 79.6 cm³/mol. The Hall–Kier alpha value is -1.63. The largest absolute Gasteiger partial charge is 0.467 e. The summed E-state index contributed by atoms with van der Waals surface area (Å²) in [4.78, 5) is 0.289. The van der Waals surface area contributed by atoms with Gasteiger partial charge in [-0.05, 0) is 43.2 Å². The fraction of sp³-hybridized carbons (Fsp3) is 0.333. The van der Waals surface area contributed by atoms with Crippen molar-refractivity contribution in [3.05, 3.63) is 53.5 Å². The van der Waals surface area contributed by atoms with E-state index in [1.54, 1.807) is 31.2 Å². The number of sulfonamides is 1. The molecule has 1 aromatic carbocycles. The van der Waals surface area contributed by atoms with Crippen molar-refractivity contribution in [1.82, 2.24) is 4.72 Å². The highest BCUT2D eigenvalue weighted by Crippen LogP contribution is 2.19. The first-order valence-corrected chi connectivity index (χ1v) is 8.05. The van der Waals surface area contributed by atoms with Gasteiger partial charge in [0.25, 0.3) is 0 Å². The van der Waals surface area contributed by atoms with E-state index in [-0.39, 0.29) is 11.4 Å². The molecule has 0 aliphatic carbocycles. The van der Waals surface area contributed by atoms with Crippen molar-refractivity contribution in [2.45, 2.75) is 24.8 Å². The van der Waals surface area contributed by atoms with Crippen LogP contribution in [0.4, 0.5) is 0 Å². The molecule has 0 spiro atoms. The lowest BCUT2D eigenvalue weighted by atomic mass is 10.2. The van der Waals surface area contributed by atoms with Gasteiger partial charge in [-0.1, -0.05) is 12.1 Å². The van der Waals surface area contributed by atoms with Gasteiger partial charge in [-0.3, -0.25) is 0 Å². The lowest BCUT2D eigenvalue weighted by Gasteiger charge is -2.15. The highest BCUT2D eigenvalue weighted by molar-refractivity contribution is 7.89. The van der Waals surface area contributed by atoms with Gasteiger partial charge in [-0.2, -0.15) is 0 Å². The van der Waals surface area contributed by atoms with Gasteiger partial charge in [0.15, 0.2) is 0 Å². The summed E-state index contributed by atoms with van der Waals surface area (Å²) in [5, 5.41) is 0. The Bertz CT molecular complexity index is 692. The Kier molecular flexibility index (Phi) is 4.82. The summed E-state index contributed by atoms with van der Waals surface area (Å²) in [6, 6.07) is 8.83. The monoisotopic (exact) mass is 309 g/mol. The van der Waals surface area contributed by atoms with Gasteiger partial charge < -0.3 is 9.15 Å². The van der Waals surface area contributed by atoms with Gasteiger partial charge in [0, 0.05) is 13.7 Å². The van der Waals surface area contributed by atoms with E-state index >= 15 is 0 Å². The minimum atomic E-state index is -3.58. The molecule has 0 bridgehead atoms. The SMILES string of the molecule is COC(CNS(=O)(=O)c1cc(C)ccc1C)c1ccco1. The molecule has 0 radical (unpaired) electrons. The van der Waals surface area contributed by atoms with Crippen LogP contribution in [0.1, 0.15) is 23.0 Å². The third kappa shape index (κ3) is 3.72. The molecule has 6 heteroatoms. The van der Waals surface area contributed by atoms with Crippen LogP contribution in [-0.2, 0) is 14.8 Å². The smallest absolute Gasteiger partial charge is 0.240 e. The van der Waals surface area contributed by atoms with Crippen LogP contribution in [0, 0.1) is 13.8 Å². The number of furan rings is 1. The van der Waals surface area contributed by atoms with E-state index in [1.807, 2.05) is 13.0 Å². The van der Waals surface area contributed by atoms with Crippen LogP contribution < -0.4 is 4.72 Å². The van der Waals surface area contributed by atoms with Gasteiger partial charge in [-0.25, -0.2) is 13.1 Å². The second-order valence-corrected chi connectivity index (χ2v) is 6.60. The number of rotatable bonds is 6. The third-order valence-electron chi connectivity index (χ3n) is 3.24. The lowest BCUT2D eigenvalue weighted by Crippen LogP contribution is -2.29. The molecule has 1 aromatic heterocycles. The number of benzene rings is 1. The van der Waals surface area contributed by atoms with Crippen molar-refractivity contribution < 1.29 is 17.6 Å². The standard InChI is InChI=1S/C15H19NO4S/c1-11-6-7-12(2)15(9-11)21(17,18)16-10-14(19-3)13-5-4-8-20-13/h4-9,14,16H,10H2,1-3H3. The molecular formula is C15H19NO4S. The van der Waals surface area contributed by atoms with E-state index in [2.05, 4.69) is 4.72 Å². The Morgan fingerprint density at radius 3 is 2.67 bits per heavy atom. The van der Waals surface area contributed by atoms with Crippen molar-refractivity contribution in [1.29, 1.82) is 0 Å². The van der Waals surface area contributed by atoms with E-state index in [1.165, 1.54) is 13.4 Å². The molecule has 21 heavy (non-hydrogen) atoms. The number of methoxy groups -OCH3 is 1. The molecule has 2 aromatic rings. The fourth-order valence-corrected chi connectivity index (χ4v) is 3.39. The van der Waals surface area contributed by atoms with Crippen LogP contribution in [0.5, 0.6) is 0 Å². The number of hydrogen-bond donors (Lipinski definition) is 1. The van der Waals surface area contributed by atoms with Gasteiger partial charge >= 0.3 is 0 Å². The first-order chi connectivity index (χ1) is 9.94. The highest BCUT2D eigenvalue weighted by Gasteiger charge is 2.21. The van der Waals surface area contributed by atoms with Crippen LogP contribution in [0.25, 0.3) is 0 Å². The summed E-state index contributed by atoms with van der Waals surface area (Å²) in [5.41, 5.74) is 1.61. The Balaban J connectivity index is 2.16. The van der Waals surface area contributed by atoms with Gasteiger partial charge in [0.2, 0.25) is 10.0 Å². The van der Waals surface area contributed by atoms with Crippen molar-refractivity contribution in [3.8, 4) is 0 Å². The van der Waals surface area contributed by atoms with Crippen LogP contribution in [0.3, 0.4) is 0 Å². The molecule has 1 unspecified atom stereocenters. The van der Waals surface area contributed by atoms with Crippen LogP contribution in [0.15, 0.2) is 45.9 Å². The summed E-state index contributed by atoms with van der Waals surface area (Å²) in [7, 11) is -2.07. The van der Waals surface area contributed by atoms with Crippen LogP contribution in [0.2, 0.25) is 0 Å². The van der Waals surface area contributed by atoms with Gasteiger partial charge in [0.05, 0.1) is 11.2 Å². The van der Waals surface area contributed by atoms with Crippen molar-refractivity contribution >= 4 is 10.0 Å². The topological polar surface area (TPSA) is 68.5 Å². The van der Waals surface area contributed by atoms with Crippen LogP contribution >= 0.6 is 0 Å². The molecule has 0 aliphatic rings. The molecular weight excluding hydrogens is 290 g/mol. The van der Waals surface area contributed by atoms with Crippen molar-refractivity contribution in [2.75, 3.05) is 13.7 Å². The molecule has 114 valence electrons. The third-order valence-corrected chi connectivity index (χ3v) is 4.80. The average Bonchev–Trinajstić information content (AvgIpc) is 2.96. The second-order valence-electron chi connectivity index (χ2n) is 4.86. The Morgan fingerprint density at radius 2 is 2.05 bits per heavy atom. The molecule has 1 N–H and O–H groups in total. The summed E-state index contributed by atoms with van der Waals surface area (Å²) in [6.45, 7) is 3.74. The lowest BCUT2D eigenvalue weighted by molar-refractivity contribution is 0.0878. The molecule has 0 saturated carbocycles. The number of nitrogens with one attached hydrogen (secondary N) is 1. The molecule has 1 heterocycles. The molecule has 0 amide bonds. The van der Waals surface area contributed by atoms with Crippen LogP contribution in [-0.4, -0.2) is 22.1 Å². The summed E-state index contributed by atoms with van der Waals surface area (Å²) in [6.07, 6.45) is 1.07. The zero-order valence-electron chi connectivity index (χ0n) is 12.3. The minimum absolute atomic E-state index is 0.111. The predicted octanol–water partition coefficient (Wildman–Crippen LogP) is 2.56. The number of ether oxygens (including phenoxy) is 1. The number of hydrogen-bond acceptors (Lipinski definition) is 4.